The average molecular weight is 351 g/mol. The third-order valence-corrected chi connectivity index (χ3v) is 4.06. The third kappa shape index (κ3) is 5.45. The van der Waals surface area contributed by atoms with E-state index in [1.807, 2.05) is 50.2 Å². The van der Waals surface area contributed by atoms with E-state index < -0.39 is 0 Å². The number of rotatable bonds is 6. The summed E-state index contributed by atoms with van der Waals surface area (Å²) in [6, 6.07) is 11.5. The first-order valence-electron chi connectivity index (χ1n) is 7.47. The molecule has 0 aromatic heterocycles. The summed E-state index contributed by atoms with van der Waals surface area (Å²) in [5, 5.41) is 7.34. The summed E-state index contributed by atoms with van der Waals surface area (Å²) in [6.07, 6.45) is 0.771. The summed E-state index contributed by atoms with van der Waals surface area (Å²) in [4.78, 5) is 11.9. The van der Waals surface area contributed by atoms with E-state index in [1.54, 1.807) is 0 Å². The monoisotopic (exact) mass is 350 g/mol. The Labute approximate surface area is 147 Å². The fourth-order valence-corrected chi connectivity index (χ4v) is 2.88. The van der Waals surface area contributed by atoms with Gasteiger partial charge in [-0.3, -0.25) is 4.79 Å². The minimum absolute atomic E-state index is 0.0602. The van der Waals surface area contributed by atoms with E-state index in [-0.39, 0.29) is 12.5 Å². The van der Waals surface area contributed by atoms with Crippen molar-refractivity contribution in [1.29, 1.82) is 0 Å². The van der Waals surface area contributed by atoms with Crippen LogP contribution in [-0.2, 0) is 11.2 Å². The van der Waals surface area contributed by atoms with Gasteiger partial charge < -0.3 is 10.6 Å². The predicted molar refractivity (Wildman–Crippen MR) is 97.6 cm³/mol. The molecule has 5 heteroatoms. The number of hydrogen-bond acceptors (Lipinski definition) is 2. The summed E-state index contributed by atoms with van der Waals surface area (Å²) in [7, 11) is 0. The predicted octanol–water partition coefficient (Wildman–Crippen LogP) is 4.38. The number of hydrogen-bond donors (Lipinski definition) is 2. The molecule has 0 heterocycles. The zero-order valence-corrected chi connectivity index (χ0v) is 14.8. The van der Waals surface area contributed by atoms with Crippen molar-refractivity contribution in [3.05, 3.63) is 63.1 Å². The maximum atomic E-state index is 11.9. The van der Waals surface area contributed by atoms with Crippen LogP contribution in [0.1, 0.15) is 16.7 Å². The lowest BCUT2D eigenvalue weighted by Gasteiger charge is -2.12. The number of nitrogens with one attached hydrogen (secondary N) is 2. The summed E-state index contributed by atoms with van der Waals surface area (Å²) < 4.78 is 0. The van der Waals surface area contributed by atoms with Crippen molar-refractivity contribution in [2.45, 2.75) is 20.3 Å². The van der Waals surface area contributed by atoms with Gasteiger partial charge >= 0.3 is 0 Å². The van der Waals surface area contributed by atoms with Gasteiger partial charge in [-0.05, 0) is 55.2 Å². The highest BCUT2D eigenvalue weighted by molar-refractivity contribution is 6.33. The van der Waals surface area contributed by atoms with Gasteiger partial charge in [-0.2, -0.15) is 0 Å². The minimum atomic E-state index is -0.0602. The normalized spacial score (nSPS) is 10.4. The number of halogens is 2. The first-order valence-corrected chi connectivity index (χ1v) is 8.23. The SMILES string of the molecule is Cc1cc(C)c(NCC(=O)NCCc2ccc(Cl)cc2)c(Cl)c1. The molecule has 122 valence electrons. The molecule has 0 atom stereocenters. The van der Waals surface area contributed by atoms with E-state index >= 15 is 0 Å². The summed E-state index contributed by atoms with van der Waals surface area (Å²) >= 11 is 12.1. The van der Waals surface area contributed by atoms with Crippen molar-refractivity contribution in [3.8, 4) is 0 Å². The molecule has 0 saturated carbocycles. The Morgan fingerprint density at radius 3 is 2.43 bits per heavy atom. The van der Waals surface area contributed by atoms with Crippen LogP contribution < -0.4 is 10.6 Å². The molecule has 2 N–H and O–H groups in total. The molecule has 0 radical (unpaired) electrons. The Morgan fingerprint density at radius 2 is 1.78 bits per heavy atom. The fraction of sp³-hybridized carbons (Fsp3) is 0.278. The van der Waals surface area contributed by atoms with Crippen LogP contribution >= 0.6 is 23.2 Å². The molecule has 0 saturated heterocycles. The number of carbonyl (C=O) groups excluding carboxylic acids is 1. The molecule has 23 heavy (non-hydrogen) atoms. The minimum Gasteiger partial charge on any atom is -0.375 e. The number of anilines is 1. The Morgan fingerprint density at radius 1 is 1.09 bits per heavy atom. The number of carbonyl (C=O) groups is 1. The molecule has 1 amide bonds. The van der Waals surface area contributed by atoms with Crippen molar-refractivity contribution < 1.29 is 4.79 Å². The molecular weight excluding hydrogens is 331 g/mol. The number of amides is 1. The molecule has 0 aliphatic rings. The first kappa shape index (κ1) is 17.6. The first-order chi connectivity index (χ1) is 11.0. The second kappa shape index (κ2) is 8.23. The van der Waals surface area contributed by atoms with Gasteiger partial charge in [-0.15, -0.1) is 0 Å². The molecule has 0 fully saturated rings. The van der Waals surface area contributed by atoms with Crippen LogP contribution in [0.4, 0.5) is 5.69 Å². The fourth-order valence-electron chi connectivity index (χ4n) is 2.37. The standard InChI is InChI=1S/C18H20Cl2N2O/c1-12-9-13(2)18(16(20)10-12)22-11-17(23)21-8-7-14-3-5-15(19)6-4-14/h3-6,9-10,22H,7-8,11H2,1-2H3,(H,21,23). The zero-order valence-electron chi connectivity index (χ0n) is 13.2. The van der Waals surface area contributed by atoms with Crippen LogP contribution in [0.3, 0.4) is 0 Å². The lowest BCUT2D eigenvalue weighted by atomic mass is 10.1. The highest BCUT2D eigenvalue weighted by Crippen LogP contribution is 2.26. The smallest absolute Gasteiger partial charge is 0.239 e. The van der Waals surface area contributed by atoms with E-state index in [4.69, 9.17) is 23.2 Å². The van der Waals surface area contributed by atoms with Gasteiger partial charge in [0.05, 0.1) is 17.3 Å². The molecule has 0 spiro atoms. The summed E-state index contributed by atoms with van der Waals surface area (Å²) in [5.41, 5.74) is 4.08. The van der Waals surface area contributed by atoms with E-state index in [9.17, 15) is 4.79 Å². The van der Waals surface area contributed by atoms with Crippen LogP contribution in [0.25, 0.3) is 0 Å². The Hall–Kier alpha value is -1.71. The van der Waals surface area contributed by atoms with Gasteiger partial charge in [0, 0.05) is 11.6 Å². The molecule has 3 nitrogen and oxygen atoms in total. The highest BCUT2D eigenvalue weighted by Gasteiger charge is 2.07. The number of benzene rings is 2. The second-order valence-electron chi connectivity index (χ2n) is 5.52. The molecule has 0 bridgehead atoms. The van der Waals surface area contributed by atoms with Crippen molar-refractivity contribution in [3.63, 3.8) is 0 Å². The van der Waals surface area contributed by atoms with Crippen molar-refractivity contribution in [1.82, 2.24) is 5.32 Å². The Balaban J connectivity index is 1.78. The summed E-state index contributed by atoms with van der Waals surface area (Å²) in [5.74, 6) is -0.0602. The van der Waals surface area contributed by atoms with Crippen LogP contribution in [-0.4, -0.2) is 19.0 Å². The molecule has 0 aliphatic heterocycles. The van der Waals surface area contributed by atoms with Gasteiger partial charge in [-0.25, -0.2) is 0 Å². The van der Waals surface area contributed by atoms with Gasteiger partial charge in [0.25, 0.3) is 0 Å². The van der Waals surface area contributed by atoms with Gasteiger partial charge in [-0.1, -0.05) is 41.4 Å². The zero-order chi connectivity index (χ0) is 16.8. The van der Waals surface area contributed by atoms with E-state index in [1.165, 1.54) is 0 Å². The quantitative estimate of drug-likeness (QED) is 0.811. The van der Waals surface area contributed by atoms with Crippen LogP contribution in [0.15, 0.2) is 36.4 Å². The molecule has 2 aromatic carbocycles. The molecule has 0 unspecified atom stereocenters. The maximum Gasteiger partial charge on any atom is 0.239 e. The Bertz CT molecular complexity index is 661. The van der Waals surface area contributed by atoms with Crippen molar-refractivity contribution >= 4 is 34.8 Å². The lowest BCUT2D eigenvalue weighted by Crippen LogP contribution is -2.31. The number of aryl methyl sites for hydroxylation is 2. The van der Waals surface area contributed by atoms with Crippen LogP contribution in [0.5, 0.6) is 0 Å². The van der Waals surface area contributed by atoms with Gasteiger partial charge in [0.15, 0.2) is 0 Å². The third-order valence-electron chi connectivity index (χ3n) is 3.51. The maximum absolute atomic E-state index is 11.9. The van der Waals surface area contributed by atoms with Crippen molar-refractivity contribution in [2.75, 3.05) is 18.4 Å². The largest absolute Gasteiger partial charge is 0.375 e. The van der Waals surface area contributed by atoms with Crippen LogP contribution in [0, 0.1) is 13.8 Å². The van der Waals surface area contributed by atoms with Gasteiger partial charge in [0.1, 0.15) is 0 Å². The Kier molecular flexibility index (Phi) is 6.31. The van der Waals surface area contributed by atoms with E-state index in [0.29, 0.717) is 16.6 Å². The second-order valence-corrected chi connectivity index (χ2v) is 6.36. The highest BCUT2D eigenvalue weighted by atomic mass is 35.5. The van der Waals surface area contributed by atoms with E-state index in [0.717, 1.165) is 28.8 Å². The summed E-state index contributed by atoms with van der Waals surface area (Å²) in [6.45, 7) is 4.75. The van der Waals surface area contributed by atoms with Crippen molar-refractivity contribution in [2.24, 2.45) is 0 Å². The lowest BCUT2D eigenvalue weighted by molar-refractivity contribution is -0.119. The topological polar surface area (TPSA) is 41.1 Å². The molecule has 0 aliphatic carbocycles. The van der Waals surface area contributed by atoms with Crippen LogP contribution in [0.2, 0.25) is 10.0 Å². The molecular formula is C18H20Cl2N2O. The molecule has 2 aromatic rings. The van der Waals surface area contributed by atoms with E-state index in [2.05, 4.69) is 10.6 Å². The molecule has 2 rings (SSSR count). The average Bonchev–Trinajstić information content (AvgIpc) is 2.48. The van der Waals surface area contributed by atoms with Gasteiger partial charge in [0.2, 0.25) is 5.91 Å².